The molecular formula is C51H31N5O. The van der Waals surface area contributed by atoms with E-state index in [0.29, 0.717) is 16.7 Å². The minimum absolute atomic E-state index is 0.0492. The Balaban J connectivity index is 1.05. The van der Waals surface area contributed by atoms with E-state index in [1.165, 1.54) is 0 Å². The molecule has 0 radical (unpaired) electrons. The molecule has 0 spiro atoms. The number of nitrogens with zero attached hydrogens (tertiary/aromatic N) is 5. The van der Waals surface area contributed by atoms with Crippen molar-refractivity contribution in [2.45, 2.75) is 0 Å². The lowest BCUT2D eigenvalue weighted by atomic mass is 10.1. The maximum absolute atomic E-state index is 8.68. The van der Waals surface area contributed by atoms with Gasteiger partial charge in [-0.25, -0.2) is 15.0 Å². The van der Waals surface area contributed by atoms with Gasteiger partial charge in [0, 0.05) is 60.4 Å². The Morgan fingerprint density at radius 3 is 1.54 bits per heavy atom. The first-order valence-corrected chi connectivity index (χ1v) is 18.3. The fourth-order valence-corrected chi connectivity index (χ4v) is 8.15. The van der Waals surface area contributed by atoms with Crippen LogP contribution in [0.5, 0.6) is 0 Å². The molecule has 57 heavy (non-hydrogen) atoms. The molecule has 6 heteroatoms. The normalized spacial score (nSPS) is 14.3. The molecule has 0 atom stereocenters. The van der Waals surface area contributed by atoms with Crippen molar-refractivity contribution >= 4 is 65.6 Å². The average molecular weight is 740 g/mol. The zero-order valence-corrected chi connectivity index (χ0v) is 29.8. The minimum atomic E-state index is -0.616. The fraction of sp³-hybridized carbons (Fsp3) is 0. The molecule has 0 amide bonds. The van der Waals surface area contributed by atoms with Crippen LogP contribution in [-0.2, 0) is 0 Å². The molecule has 266 valence electrons. The highest BCUT2D eigenvalue weighted by Gasteiger charge is 2.21. The van der Waals surface area contributed by atoms with E-state index in [9.17, 15) is 0 Å². The number of fused-ring (bicyclic) bond motifs is 10. The van der Waals surface area contributed by atoms with Crippen LogP contribution >= 0.6 is 0 Å². The van der Waals surface area contributed by atoms with Gasteiger partial charge in [0.25, 0.3) is 0 Å². The molecule has 0 unspecified atom stereocenters. The van der Waals surface area contributed by atoms with Crippen molar-refractivity contribution in [3.63, 3.8) is 0 Å². The molecule has 12 rings (SSSR count). The zero-order chi connectivity index (χ0) is 46.2. The summed E-state index contributed by atoms with van der Waals surface area (Å²) in [6, 6.07) is 37.0. The van der Waals surface area contributed by atoms with Crippen LogP contribution in [0.15, 0.2) is 192 Å². The molecule has 12 aromatic rings. The van der Waals surface area contributed by atoms with Crippen LogP contribution < -0.4 is 0 Å². The van der Waals surface area contributed by atoms with E-state index in [0.717, 1.165) is 65.8 Å². The molecule has 0 aliphatic heterocycles. The summed E-state index contributed by atoms with van der Waals surface area (Å²) < 4.78 is 95.3. The van der Waals surface area contributed by atoms with Gasteiger partial charge < -0.3 is 13.6 Å². The van der Waals surface area contributed by atoms with E-state index in [1.54, 1.807) is 12.1 Å². The van der Waals surface area contributed by atoms with Crippen LogP contribution in [0.1, 0.15) is 13.7 Å². The van der Waals surface area contributed by atoms with Crippen molar-refractivity contribution < 1.29 is 18.1 Å². The van der Waals surface area contributed by atoms with E-state index in [2.05, 4.69) is 109 Å². The Kier molecular flexibility index (Phi) is 5.02. The lowest BCUT2D eigenvalue weighted by Crippen LogP contribution is -2.00. The Morgan fingerprint density at radius 1 is 0.386 bits per heavy atom. The van der Waals surface area contributed by atoms with Crippen LogP contribution in [0, 0.1) is 0 Å². The largest absolute Gasteiger partial charge is 0.456 e. The molecule has 4 aromatic heterocycles. The third-order valence-corrected chi connectivity index (χ3v) is 10.5. The molecule has 0 N–H and O–H groups in total. The first kappa shape index (κ1) is 23.2. The molecule has 0 saturated carbocycles. The molecule has 8 aromatic carbocycles. The number of aromatic nitrogens is 5. The summed E-state index contributed by atoms with van der Waals surface area (Å²) >= 11 is 0. The van der Waals surface area contributed by atoms with Gasteiger partial charge in [-0.3, -0.25) is 0 Å². The third-order valence-electron chi connectivity index (χ3n) is 10.5. The second-order valence-electron chi connectivity index (χ2n) is 13.7. The van der Waals surface area contributed by atoms with Crippen LogP contribution in [0.4, 0.5) is 0 Å². The summed E-state index contributed by atoms with van der Waals surface area (Å²) in [6.45, 7) is 0. The molecular weight excluding hydrogens is 699 g/mol. The standard InChI is InChI=1S/C51H31N5O/c1-4-14-32(15-5-1)49-52-50(33-16-6-2-7-17-33)54-51(53-49)34-24-26-37-40-31-36(25-29-45(40)57-46(37)30-34)56-42-23-13-11-21-39(42)48-44(56)28-27-43-47(48)38-20-10-12-22-41(38)55(43)35-18-8-3-9-19-35/h1-31H/i1D,2D,4D,5D,6D,7D,14D,15D,16D,17D. The van der Waals surface area contributed by atoms with Crippen molar-refractivity contribution in [2.75, 3.05) is 0 Å². The summed E-state index contributed by atoms with van der Waals surface area (Å²) in [5, 5.41) is 6.19. The maximum Gasteiger partial charge on any atom is 0.164 e. The van der Waals surface area contributed by atoms with E-state index in [4.69, 9.17) is 18.1 Å². The maximum atomic E-state index is 8.68. The minimum Gasteiger partial charge on any atom is -0.456 e. The summed E-state index contributed by atoms with van der Waals surface area (Å²) in [5.41, 5.74) is 7.07. The lowest BCUT2D eigenvalue weighted by Gasteiger charge is -2.09. The summed E-state index contributed by atoms with van der Waals surface area (Å²) in [4.78, 5) is 13.6. The van der Waals surface area contributed by atoms with E-state index in [1.807, 2.05) is 30.3 Å². The molecule has 0 aliphatic rings. The Labute approximate surface area is 340 Å². The number of benzene rings is 8. The molecule has 0 saturated heterocycles. The van der Waals surface area contributed by atoms with Crippen molar-refractivity contribution in [2.24, 2.45) is 0 Å². The number of hydrogen-bond donors (Lipinski definition) is 0. The number of furan rings is 1. The van der Waals surface area contributed by atoms with E-state index >= 15 is 0 Å². The summed E-state index contributed by atoms with van der Waals surface area (Å²) in [5.74, 6) is -0.732. The third kappa shape index (κ3) is 4.87. The fourth-order valence-electron chi connectivity index (χ4n) is 8.15. The Bertz CT molecular complexity index is 3980. The SMILES string of the molecule is [2H]c1c([2H])c([2H])c(-c2nc(-c3ccc4c(c3)oc3ccc(-n5c6ccccc6c6c7c8ccccc8n(-c8ccccc8)c7ccc65)cc34)nc(-c3c([2H])c([2H])c([2H])c([2H])c3[2H])n2)c([2H])c1[2H]. The van der Waals surface area contributed by atoms with Crippen molar-refractivity contribution in [1.82, 2.24) is 24.1 Å². The van der Waals surface area contributed by atoms with Gasteiger partial charge in [0.2, 0.25) is 0 Å². The van der Waals surface area contributed by atoms with Crippen LogP contribution in [0.2, 0.25) is 0 Å². The van der Waals surface area contributed by atoms with Crippen LogP contribution in [-0.4, -0.2) is 24.1 Å². The van der Waals surface area contributed by atoms with Gasteiger partial charge in [0.1, 0.15) is 11.2 Å². The highest BCUT2D eigenvalue weighted by molar-refractivity contribution is 6.29. The molecule has 6 nitrogen and oxygen atoms in total. The molecule has 0 aliphatic carbocycles. The van der Waals surface area contributed by atoms with Crippen LogP contribution in [0.3, 0.4) is 0 Å². The monoisotopic (exact) mass is 739 g/mol. The predicted octanol–water partition coefficient (Wildman–Crippen LogP) is 13.0. The molecule has 4 heterocycles. The van der Waals surface area contributed by atoms with Gasteiger partial charge in [0.05, 0.1) is 35.8 Å². The first-order valence-electron chi connectivity index (χ1n) is 23.3. The average Bonchev–Trinajstić information content (AvgIpc) is 4.01. The lowest BCUT2D eigenvalue weighted by molar-refractivity contribution is 0.669. The van der Waals surface area contributed by atoms with Crippen LogP contribution in [0.25, 0.3) is 111 Å². The summed E-state index contributed by atoms with van der Waals surface area (Å²) in [7, 11) is 0. The van der Waals surface area contributed by atoms with Gasteiger partial charge in [-0.05, 0) is 66.7 Å². The van der Waals surface area contributed by atoms with E-state index in [-0.39, 0.29) is 28.6 Å². The van der Waals surface area contributed by atoms with Gasteiger partial charge in [-0.15, -0.1) is 0 Å². The number of para-hydroxylation sites is 3. The predicted molar refractivity (Wildman–Crippen MR) is 232 cm³/mol. The van der Waals surface area contributed by atoms with Gasteiger partial charge in [0.15, 0.2) is 17.5 Å². The quantitative estimate of drug-likeness (QED) is 0.176. The van der Waals surface area contributed by atoms with Crippen molar-refractivity contribution in [3.8, 4) is 45.5 Å². The highest BCUT2D eigenvalue weighted by atomic mass is 16.3. The highest BCUT2D eigenvalue weighted by Crippen LogP contribution is 2.43. The topological polar surface area (TPSA) is 61.7 Å². The number of hydrogen-bond acceptors (Lipinski definition) is 4. The van der Waals surface area contributed by atoms with Gasteiger partial charge in [-0.2, -0.15) is 0 Å². The Hall–Kier alpha value is -7.83. The first-order chi connectivity index (χ1) is 32.4. The zero-order valence-electron chi connectivity index (χ0n) is 39.8. The number of rotatable bonds is 5. The van der Waals surface area contributed by atoms with Crippen molar-refractivity contribution in [1.29, 1.82) is 0 Å². The molecule has 0 bridgehead atoms. The van der Waals surface area contributed by atoms with Gasteiger partial charge >= 0.3 is 0 Å². The van der Waals surface area contributed by atoms with E-state index < -0.39 is 60.4 Å². The Morgan fingerprint density at radius 2 is 0.930 bits per heavy atom. The second-order valence-corrected chi connectivity index (χ2v) is 13.7. The van der Waals surface area contributed by atoms with Gasteiger partial charge in [-0.1, -0.05) is 121 Å². The second kappa shape index (κ2) is 12.3. The molecule has 0 fully saturated rings. The summed E-state index contributed by atoms with van der Waals surface area (Å²) in [6.07, 6.45) is 0. The smallest absolute Gasteiger partial charge is 0.164 e. The van der Waals surface area contributed by atoms with Crippen molar-refractivity contribution in [3.05, 3.63) is 188 Å².